The van der Waals surface area contributed by atoms with E-state index in [2.05, 4.69) is 0 Å². The number of carboxylic acids is 1. The molecule has 0 fully saturated rings. The molecule has 0 aromatic heterocycles. The third kappa shape index (κ3) is 2.94. The Labute approximate surface area is 114 Å². The van der Waals surface area contributed by atoms with E-state index in [1.165, 1.54) is 6.92 Å². The zero-order valence-corrected chi connectivity index (χ0v) is 11.3. The molecule has 0 amide bonds. The Kier molecular flexibility index (Phi) is 5.15. The van der Waals surface area contributed by atoms with E-state index in [9.17, 15) is 22.0 Å². The minimum Gasteiger partial charge on any atom is -0.477 e. The second kappa shape index (κ2) is 6.25. The lowest BCUT2D eigenvalue weighted by molar-refractivity contribution is 0.0685. The van der Waals surface area contributed by atoms with Crippen LogP contribution in [0.3, 0.4) is 0 Å². The van der Waals surface area contributed by atoms with Gasteiger partial charge in [-0.05, 0) is 12.1 Å². The number of halogens is 2. The smallest absolute Gasteiger partial charge is 0.341 e. The van der Waals surface area contributed by atoms with Gasteiger partial charge in [0.1, 0.15) is 16.3 Å². The van der Waals surface area contributed by atoms with Gasteiger partial charge in [-0.1, -0.05) is 6.92 Å². The number of aliphatic hydroxyl groups is 1. The number of carboxylic acid groups (broad SMARTS) is 1. The summed E-state index contributed by atoms with van der Waals surface area (Å²) >= 11 is 0. The Hall–Kier alpha value is -1.58. The van der Waals surface area contributed by atoms with E-state index >= 15 is 0 Å². The molecule has 9 heteroatoms. The van der Waals surface area contributed by atoms with Crippen LogP contribution < -0.4 is 0 Å². The van der Waals surface area contributed by atoms with Gasteiger partial charge in [-0.3, -0.25) is 0 Å². The van der Waals surface area contributed by atoms with E-state index in [0.29, 0.717) is 12.1 Å². The molecule has 0 aliphatic carbocycles. The van der Waals surface area contributed by atoms with Gasteiger partial charge in [0.25, 0.3) is 0 Å². The minimum absolute atomic E-state index is 0.0535. The molecule has 1 aromatic carbocycles. The lowest BCUT2D eigenvalue weighted by Gasteiger charge is -2.20. The third-order valence-electron chi connectivity index (χ3n) is 2.59. The van der Waals surface area contributed by atoms with Gasteiger partial charge >= 0.3 is 5.97 Å². The maximum atomic E-state index is 13.9. The molecular formula is C11H13F2NO5S. The van der Waals surface area contributed by atoms with Gasteiger partial charge in [-0.15, -0.1) is 0 Å². The van der Waals surface area contributed by atoms with Crippen molar-refractivity contribution in [3.63, 3.8) is 0 Å². The Morgan fingerprint density at radius 3 is 2.40 bits per heavy atom. The van der Waals surface area contributed by atoms with Crippen LogP contribution in [0.25, 0.3) is 0 Å². The zero-order valence-electron chi connectivity index (χ0n) is 10.5. The van der Waals surface area contributed by atoms with Gasteiger partial charge in [-0.2, -0.15) is 4.31 Å². The lowest BCUT2D eigenvalue weighted by Crippen LogP contribution is -2.34. The number of likely N-dealkylation sites (N-methyl/N-ethyl adjacent to an activating group) is 1. The SMILES string of the molecule is CCN(CCO)S(=O)(=O)c1ccc(F)c(C(=O)O)c1F. The van der Waals surface area contributed by atoms with Crippen molar-refractivity contribution in [2.75, 3.05) is 19.7 Å². The molecule has 1 aromatic rings. The van der Waals surface area contributed by atoms with Crippen molar-refractivity contribution in [3.05, 3.63) is 29.3 Å². The van der Waals surface area contributed by atoms with Crippen molar-refractivity contribution in [2.45, 2.75) is 11.8 Å². The second-order valence-electron chi connectivity index (χ2n) is 3.76. The summed E-state index contributed by atoms with van der Waals surface area (Å²) in [5.74, 6) is -4.92. The molecule has 20 heavy (non-hydrogen) atoms. The molecule has 0 spiro atoms. The maximum Gasteiger partial charge on any atom is 0.341 e. The highest BCUT2D eigenvalue weighted by atomic mass is 32.2. The van der Waals surface area contributed by atoms with E-state index < -0.39 is 44.7 Å². The van der Waals surface area contributed by atoms with E-state index in [1.54, 1.807) is 0 Å². The van der Waals surface area contributed by atoms with E-state index in [1.807, 2.05) is 0 Å². The largest absolute Gasteiger partial charge is 0.477 e. The van der Waals surface area contributed by atoms with Crippen LogP contribution in [-0.2, 0) is 10.0 Å². The molecule has 6 nitrogen and oxygen atoms in total. The summed E-state index contributed by atoms with van der Waals surface area (Å²) < 4.78 is 52.2. The first kappa shape index (κ1) is 16.5. The number of aliphatic hydroxyl groups excluding tert-OH is 1. The van der Waals surface area contributed by atoms with Crippen LogP contribution in [0.4, 0.5) is 8.78 Å². The summed E-state index contributed by atoms with van der Waals surface area (Å²) in [7, 11) is -4.35. The van der Waals surface area contributed by atoms with Gasteiger partial charge in [0, 0.05) is 13.1 Å². The zero-order chi connectivity index (χ0) is 15.5. The summed E-state index contributed by atoms with van der Waals surface area (Å²) in [5.41, 5.74) is -1.33. The van der Waals surface area contributed by atoms with Crippen LogP contribution in [0, 0.1) is 11.6 Å². The molecule has 0 heterocycles. The molecule has 0 aliphatic rings. The first-order valence-corrected chi connectivity index (χ1v) is 7.03. The monoisotopic (exact) mass is 309 g/mol. The van der Waals surface area contributed by atoms with Crippen molar-refractivity contribution >= 4 is 16.0 Å². The van der Waals surface area contributed by atoms with Crippen molar-refractivity contribution in [1.29, 1.82) is 0 Å². The van der Waals surface area contributed by atoms with Gasteiger partial charge in [-0.25, -0.2) is 22.0 Å². The number of sulfonamides is 1. The summed E-state index contributed by atoms with van der Waals surface area (Å²) in [5, 5.41) is 17.5. The van der Waals surface area contributed by atoms with Crippen molar-refractivity contribution < 1.29 is 32.2 Å². The highest BCUT2D eigenvalue weighted by molar-refractivity contribution is 7.89. The topological polar surface area (TPSA) is 94.9 Å². The maximum absolute atomic E-state index is 13.9. The van der Waals surface area contributed by atoms with Crippen molar-refractivity contribution in [3.8, 4) is 0 Å². The lowest BCUT2D eigenvalue weighted by atomic mass is 10.2. The normalized spacial score (nSPS) is 11.8. The standard InChI is InChI=1S/C11H13F2NO5S/c1-2-14(5-6-15)20(18,19)8-4-3-7(12)9(10(8)13)11(16)17/h3-4,15H,2,5-6H2,1H3,(H,16,17). The number of benzene rings is 1. The molecule has 0 atom stereocenters. The summed E-state index contributed by atoms with van der Waals surface area (Å²) in [6.45, 7) is 0.647. The first-order valence-electron chi connectivity index (χ1n) is 5.59. The first-order chi connectivity index (χ1) is 9.27. The fourth-order valence-electron chi connectivity index (χ4n) is 1.63. The fourth-order valence-corrected chi connectivity index (χ4v) is 3.14. The van der Waals surface area contributed by atoms with Crippen LogP contribution in [0.2, 0.25) is 0 Å². The molecular weight excluding hydrogens is 296 g/mol. The summed E-state index contributed by atoms with van der Waals surface area (Å²) in [6, 6.07) is 1.23. The van der Waals surface area contributed by atoms with E-state index in [4.69, 9.17) is 10.2 Å². The summed E-state index contributed by atoms with van der Waals surface area (Å²) in [4.78, 5) is 9.82. The van der Waals surface area contributed by atoms with Crippen LogP contribution in [0.15, 0.2) is 17.0 Å². The Bertz CT molecular complexity index is 617. The minimum atomic E-state index is -4.35. The second-order valence-corrected chi connectivity index (χ2v) is 5.67. The van der Waals surface area contributed by atoms with Crippen molar-refractivity contribution in [1.82, 2.24) is 4.31 Å². The molecule has 2 N–H and O–H groups in total. The number of carbonyl (C=O) groups is 1. The Balaban J connectivity index is 3.47. The van der Waals surface area contributed by atoms with Gasteiger partial charge in [0.2, 0.25) is 10.0 Å². The number of hydrogen-bond acceptors (Lipinski definition) is 4. The Morgan fingerprint density at radius 1 is 1.35 bits per heavy atom. The van der Waals surface area contributed by atoms with Crippen molar-refractivity contribution in [2.24, 2.45) is 0 Å². The average molecular weight is 309 g/mol. The molecule has 0 bridgehead atoms. The van der Waals surface area contributed by atoms with E-state index in [0.717, 1.165) is 4.31 Å². The van der Waals surface area contributed by atoms with E-state index in [-0.39, 0.29) is 13.1 Å². The molecule has 1 rings (SSSR count). The molecule has 0 aliphatic heterocycles. The van der Waals surface area contributed by atoms with Gasteiger partial charge in [0.15, 0.2) is 5.82 Å². The predicted octanol–water partition coefficient (Wildman–Crippen LogP) is 0.666. The average Bonchev–Trinajstić information content (AvgIpc) is 2.34. The number of aromatic carboxylic acids is 1. The highest BCUT2D eigenvalue weighted by Crippen LogP contribution is 2.24. The number of hydrogen-bond donors (Lipinski definition) is 2. The molecule has 0 radical (unpaired) electrons. The molecule has 0 unspecified atom stereocenters. The van der Waals surface area contributed by atoms with Crippen LogP contribution in [0.5, 0.6) is 0 Å². The quantitative estimate of drug-likeness (QED) is 0.805. The number of rotatable bonds is 6. The van der Waals surface area contributed by atoms with Crippen LogP contribution in [-0.4, -0.2) is 48.6 Å². The fraction of sp³-hybridized carbons (Fsp3) is 0.364. The molecule has 0 saturated carbocycles. The number of nitrogens with zero attached hydrogens (tertiary/aromatic N) is 1. The van der Waals surface area contributed by atoms with Crippen LogP contribution in [0.1, 0.15) is 17.3 Å². The third-order valence-corrected chi connectivity index (χ3v) is 4.58. The molecule has 0 saturated heterocycles. The molecule has 112 valence electrons. The summed E-state index contributed by atoms with van der Waals surface area (Å²) in [6.07, 6.45) is 0. The highest BCUT2D eigenvalue weighted by Gasteiger charge is 2.30. The van der Waals surface area contributed by atoms with Gasteiger partial charge in [0.05, 0.1) is 6.61 Å². The Morgan fingerprint density at radius 2 is 1.95 bits per heavy atom. The van der Waals surface area contributed by atoms with Gasteiger partial charge < -0.3 is 10.2 Å². The van der Waals surface area contributed by atoms with Crippen LogP contribution >= 0.6 is 0 Å². The predicted molar refractivity (Wildman–Crippen MR) is 64.8 cm³/mol.